The van der Waals surface area contributed by atoms with Gasteiger partial charge in [-0.1, -0.05) is 18.0 Å². The Kier molecular flexibility index (Phi) is 3.94. The average molecular weight is 325 g/mol. The second-order valence-corrected chi connectivity index (χ2v) is 5.93. The molecule has 1 fully saturated rings. The van der Waals surface area contributed by atoms with Gasteiger partial charge in [-0.25, -0.2) is 9.37 Å². The zero-order valence-electron chi connectivity index (χ0n) is 13.0. The standard InChI is InChI=1S/C18H16FN3O2/c19-14-5-7-15(8-6-14)23-16-10-4-13(11-20-16)18-21-17(24-22-18)9-3-12-1-2-12/h4-8,10-12H,1-3,9H2. The summed E-state index contributed by atoms with van der Waals surface area (Å²) in [5.41, 5.74) is 0.767. The zero-order chi connectivity index (χ0) is 16.4. The molecule has 3 aromatic rings. The Morgan fingerprint density at radius 2 is 1.96 bits per heavy atom. The molecule has 5 nitrogen and oxygen atoms in total. The highest BCUT2D eigenvalue weighted by atomic mass is 19.1. The van der Waals surface area contributed by atoms with E-state index in [1.54, 1.807) is 24.4 Å². The van der Waals surface area contributed by atoms with E-state index in [1.807, 2.05) is 6.07 Å². The number of pyridine rings is 1. The molecule has 6 heteroatoms. The highest BCUT2D eigenvalue weighted by molar-refractivity contribution is 5.53. The minimum absolute atomic E-state index is 0.305. The summed E-state index contributed by atoms with van der Waals surface area (Å²) in [6, 6.07) is 9.32. The fourth-order valence-electron chi connectivity index (χ4n) is 2.40. The number of nitrogens with zero attached hydrogens (tertiary/aromatic N) is 3. The van der Waals surface area contributed by atoms with Crippen LogP contribution in [-0.2, 0) is 6.42 Å². The maximum atomic E-state index is 12.9. The number of aryl methyl sites for hydroxylation is 1. The molecule has 0 spiro atoms. The normalized spacial score (nSPS) is 13.9. The predicted molar refractivity (Wildman–Crippen MR) is 85.0 cm³/mol. The summed E-state index contributed by atoms with van der Waals surface area (Å²) in [4.78, 5) is 8.63. The molecule has 0 unspecified atom stereocenters. The van der Waals surface area contributed by atoms with Crippen LogP contribution < -0.4 is 4.74 Å². The lowest BCUT2D eigenvalue weighted by Gasteiger charge is -2.04. The molecule has 0 radical (unpaired) electrons. The first kappa shape index (κ1) is 14.8. The molecule has 0 bridgehead atoms. The van der Waals surface area contributed by atoms with Crippen LogP contribution in [-0.4, -0.2) is 15.1 Å². The summed E-state index contributed by atoms with van der Waals surface area (Å²) < 4.78 is 23.7. The highest BCUT2D eigenvalue weighted by Gasteiger charge is 2.22. The smallest absolute Gasteiger partial charge is 0.226 e. The topological polar surface area (TPSA) is 61.0 Å². The van der Waals surface area contributed by atoms with E-state index in [4.69, 9.17) is 9.26 Å². The van der Waals surface area contributed by atoms with Crippen LogP contribution in [0.4, 0.5) is 4.39 Å². The van der Waals surface area contributed by atoms with Gasteiger partial charge in [0.15, 0.2) is 0 Å². The molecule has 0 amide bonds. The lowest BCUT2D eigenvalue weighted by molar-refractivity contribution is 0.373. The third-order valence-corrected chi connectivity index (χ3v) is 3.96. The van der Waals surface area contributed by atoms with Crippen LogP contribution in [0.25, 0.3) is 11.4 Å². The number of benzene rings is 1. The Hall–Kier alpha value is -2.76. The molecule has 1 saturated carbocycles. The van der Waals surface area contributed by atoms with E-state index in [1.165, 1.54) is 25.0 Å². The fraction of sp³-hybridized carbons (Fsp3) is 0.278. The maximum absolute atomic E-state index is 12.9. The van der Waals surface area contributed by atoms with Crippen molar-refractivity contribution in [3.63, 3.8) is 0 Å². The second kappa shape index (κ2) is 6.39. The molecule has 2 aromatic heterocycles. The van der Waals surface area contributed by atoms with Gasteiger partial charge in [0.1, 0.15) is 11.6 Å². The largest absolute Gasteiger partial charge is 0.439 e. The lowest BCUT2D eigenvalue weighted by atomic mass is 10.2. The minimum atomic E-state index is -0.305. The van der Waals surface area contributed by atoms with Crippen molar-refractivity contribution in [2.24, 2.45) is 5.92 Å². The van der Waals surface area contributed by atoms with Crippen LogP contribution in [0.3, 0.4) is 0 Å². The molecule has 0 aliphatic heterocycles. The van der Waals surface area contributed by atoms with Gasteiger partial charge in [0.25, 0.3) is 0 Å². The van der Waals surface area contributed by atoms with E-state index in [0.29, 0.717) is 23.3 Å². The van der Waals surface area contributed by atoms with Crippen LogP contribution in [0.1, 0.15) is 25.2 Å². The molecule has 1 aliphatic carbocycles. The van der Waals surface area contributed by atoms with Gasteiger partial charge in [-0.3, -0.25) is 0 Å². The number of rotatable bonds is 6. The predicted octanol–water partition coefficient (Wildman–Crippen LogP) is 4.41. The first-order valence-corrected chi connectivity index (χ1v) is 7.99. The Morgan fingerprint density at radius 3 is 2.67 bits per heavy atom. The van der Waals surface area contributed by atoms with Crippen LogP contribution in [0, 0.1) is 11.7 Å². The SMILES string of the molecule is Fc1ccc(Oc2ccc(-c3noc(CCC4CC4)n3)cn2)cc1. The fourth-order valence-corrected chi connectivity index (χ4v) is 2.40. The zero-order valence-corrected chi connectivity index (χ0v) is 13.0. The number of aromatic nitrogens is 3. The van der Waals surface area contributed by atoms with E-state index in [2.05, 4.69) is 15.1 Å². The second-order valence-electron chi connectivity index (χ2n) is 5.93. The van der Waals surface area contributed by atoms with Crippen LogP contribution in [0.2, 0.25) is 0 Å². The van der Waals surface area contributed by atoms with Crippen molar-refractivity contribution < 1.29 is 13.7 Å². The number of ether oxygens (including phenoxy) is 1. The molecule has 122 valence electrons. The summed E-state index contributed by atoms with van der Waals surface area (Å²) >= 11 is 0. The van der Waals surface area contributed by atoms with Crippen molar-refractivity contribution in [1.29, 1.82) is 0 Å². The average Bonchev–Trinajstić information content (AvgIpc) is 3.32. The van der Waals surface area contributed by atoms with Gasteiger partial charge in [-0.2, -0.15) is 4.98 Å². The van der Waals surface area contributed by atoms with Gasteiger partial charge >= 0.3 is 0 Å². The monoisotopic (exact) mass is 325 g/mol. The summed E-state index contributed by atoms with van der Waals surface area (Å²) in [5, 5.41) is 4.00. The lowest BCUT2D eigenvalue weighted by Crippen LogP contribution is -1.90. The molecule has 0 N–H and O–H groups in total. The molecule has 1 aromatic carbocycles. The van der Waals surface area contributed by atoms with Gasteiger partial charge in [-0.05, 0) is 42.7 Å². The van der Waals surface area contributed by atoms with Crippen molar-refractivity contribution in [2.75, 3.05) is 0 Å². The van der Waals surface area contributed by atoms with Crippen molar-refractivity contribution in [3.05, 3.63) is 54.3 Å². The van der Waals surface area contributed by atoms with Crippen LogP contribution in [0.15, 0.2) is 47.1 Å². The molecule has 24 heavy (non-hydrogen) atoms. The van der Waals surface area contributed by atoms with Gasteiger partial charge in [-0.15, -0.1) is 0 Å². The van der Waals surface area contributed by atoms with Gasteiger partial charge in [0.05, 0.1) is 0 Å². The van der Waals surface area contributed by atoms with E-state index >= 15 is 0 Å². The third-order valence-electron chi connectivity index (χ3n) is 3.96. The highest BCUT2D eigenvalue weighted by Crippen LogP contribution is 2.33. The molecule has 4 rings (SSSR count). The molecule has 0 atom stereocenters. The molecule has 2 heterocycles. The summed E-state index contributed by atoms with van der Waals surface area (Å²) in [5.74, 6) is 2.68. The van der Waals surface area contributed by atoms with Crippen LogP contribution in [0.5, 0.6) is 11.6 Å². The molecule has 1 aliphatic rings. The van der Waals surface area contributed by atoms with E-state index < -0.39 is 0 Å². The number of hydrogen-bond donors (Lipinski definition) is 0. The molecular weight excluding hydrogens is 309 g/mol. The van der Waals surface area contributed by atoms with Crippen LogP contribution >= 0.6 is 0 Å². The van der Waals surface area contributed by atoms with Crippen molar-refractivity contribution >= 4 is 0 Å². The van der Waals surface area contributed by atoms with Crippen molar-refractivity contribution in [3.8, 4) is 23.0 Å². The van der Waals surface area contributed by atoms with Gasteiger partial charge in [0, 0.05) is 24.2 Å². The summed E-state index contributed by atoms with van der Waals surface area (Å²) in [7, 11) is 0. The first-order valence-electron chi connectivity index (χ1n) is 7.99. The summed E-state index contributed by atoms with van der Waals surface area (Å²) in [6.45, 7) is 0. The molecular formula is C18H16FN3O2. The van der Waals surface area contributed by atoms with Gasteiger partial charge in [0.2, 0.25) is 17.6 Å². The maximum Gasteiger partial charge on any atom is 0.226 e. The Labute approximate surface area is 138 Å². The minimum Gasteiger partial charge on any atom is -0.439 e. The van der Waals surface area contributed by atoms with Crippen molar-refractivity contribution in [1.82, 2.24) is 15.1 Å². The van der Waals surface area contributed by atoms with Crippen molar-refractivity contribution in [2.45, 2.75) is 25.7 Å². The quantitative estimate of drug-likeness (QED) is 0.672. The van der Waals surface area contributed by atoms with Gasteiger partial charge < -0.3 is 9.26 Å². The molecule has 0 saturated heterocycles. The Morgan fingerprint density at radius 1 is 1.12 bits per heavy atom. The Balaban J connectivity index is 1.42. The van der Waals surface area contributed by atoms with E-state index in [9.17, 15) is 4.39 Å². The van der Waals surface area contributed by atoms with E-state index in [-0.39, 0.29) is 5.82 Å². The first-order chi connectivity index (χ1) is 11.8. The summed E-state index contributed by atoms with van der Waals surface area (Å²) in [6.07, 6.45) is 6.22. The Bertz CT molecular complexity index is 811. The number of halogens is 1. The third kappa shape index (κ3) is 3.59. The number of hydrogen-bond acceptors (Lipinski definition) is 5. The van der Waals surface area contributed by atoms with E-state index in [0.717, 1.165) is 24.3 Å².